The fourth-order valence-electron chi connectivity index (χ4n) is 3.63. The van der Waals surface area contributed by atoms with Crippen LogP contribution in [0.5, 0.6) is 0 Å². The molecule has 0 bridgehead atoms. The highest BCUT2D eigenvalue weighted by Gasteiger charge is 2.33. The molecule has 0 aliphatic heterocycles. The Morgan fingerprint density at radius 3 is 2.89 bits per heavy atom. The van der Waals surface area contributed by atoms with Crippen molar-refractivity contribution in [2.45, 2.75) is 38.9 Å². The van der Waals surface area contributed by atoms with Crippen LogP contribution >= 0.6 is 11.3 Å². The molecule has 0 unspecified atom stereocenters. The Hall–Kier alpha value is -3.00. The van der Waals surface area contributed by atoms with E-state index < -0.39 is 0 Å². The molecule has 4 aromatic rings. The molecule has 142 valence electrons. The molecule has 4 heterocycles. The van der Waals surface area contributed by atoms with Crippen LogP contribution in [0.15, 0.2) is 46.7 Å². The minimum atomic E-state index is -0.240. The van der Waals surface area contributed by atoms with Crippen molar-refractivity contribution in [1.82, 2.24) is 24.1 Å². The van der Waals surface area contributed by atoms with Gasteiger partial charge in [0.25, 0.3) is 5.56 Å². The van der Waals surface area contributed by atoms with E-state index in [1.807, 2.05) is 51.9 Å². The summed E-state index contributed by atoms with van der Waals surface area (Å²) in [6.45, 7) is 2.26. The van der Waals surface area contributed by atoms with Gasteiger partial charge < -0.3 is 4.90 Å². The van der Waals surface area contributed by atoms with E-state index in [4.69, 9.17) is 0 Å². The normalized spacial score (nSPS) is 14.0. The number of thiophene rings is 1. The molecule has 1 aliphatic carbocycles. The number of hydrogen-bond acceptors (Lipinski definition) is 5. The maximum absolute atomic E-state index is 13.0. The molecule has 0 N–H and O–H groups in total. The summed E-state index contributed by atoms with van der Waals surface area (Å²) in [6.07, 6.45) is 3.72. The SMILES string of the molecule is Cc1nn(CC(=O)N(Cc2ccccn2)C2CC2)c(=O)c2cc3sccc3n12. The fraction of sp³-hybridized carbons (Fsp3) is 0.300. The van der Waals surface area contributed by atoms with E-state index in [0.29, 0.717) is 17.9 Å². The van der Waals surface area contributed by atoms with Crippen LogP contribution in [0.1, 0.15) is 24.4 Å². The third-order valence-electron chi connectivity index (χ3n) is 5.12. The molecule has 1 aliphatic rings. The Balaban J connectivity index is 1.47. The van der Waals surface area contributed by atoms with Gasteiger partial charge >= 0.3 is 0 Å². The summed E-state index contributed by atoms with van der Waals surface area (Å²) in [6, 6.07) is 9.78. The van der Waals surface area contributed by atoms with Gasteiger partial charge in [0.15, 0.2) is 0 Å². The number of amides is 1. The molecule has 8 heteroatoms. The average molecular weight is 393 g/mol. The second-order valence-corrected chi connectivity index (χ2v) is 8.07. The third-order valence-corrected chi connectivity index (χ3v) is 5.97. The second kappa shape index (κ2) is 6.56. The van der Waals surface area contributed by atoms with Crippen LogP contribution in [0.4, 0.5) is 0 Å². The lowest BCUT2D eigenvalue weighted by atomic mass is 10.3. The number of rotatable bonds is 5. The van der Waals surface area contributed by atoms with E-state index in [1.54, 1.807) is 17.5 Å². The number of aromatic nitrogens is 4. The van der Waals surface area contributed by atoms with Gasteiger partial charge in [-0.2, -0.15) is 5.10 Å². The molecular weight excluding hydrogens is 374 g/mol. The van der Waals surface area contributed by atoms with Gasteiger partial charge in [0.2, 0.25) is 5.91 Å². The Labute approximate surface area is 164 Å². The molecule has 28 heavy (non-hydrogen) atoms. The summed E-state index contributed by atoms with van der Waals surface area (Å²) in [5.41, 5.74) is 2.15. The predicted molar refractivity (Wildman–Crippen MR) is 107 cm³/mol. The van der Waals surface area contributed by atoms with E-state index in [0.717, 1.165) is 28.8 Å². The van der Waals surface area contributed by atoms with Gasteiger partial charge in [-0.3, -0.25) is 19.0 Å². The lowest BCUT2D eigenvalue weighted by Crippen LogP contribution is -2.39. The standard InChI is InChI=1S/C20H19N5O2S/c1-13-22-24(20(27)17-10-18-16(25(13)17)7-9-28-18)12-19(26)23(15-5-6-15)11-14-4-2-3-8-21-14/h2-4,7-10,15H,5-6,11-12H2,1H3. The van der Waals surface area contributed by atoms with Crippen molar-refractivity contribution in [2.24, 2.45) is 0 Å². The number of fused-ring (bicyclic) bond motifs is 3. The number of carbonyl (C=O) groups is 1. The molecule has 0 radical (unpaired) electrons. The van der Waals surface area contributed by atoms with Crippen LogP contribution < -0.4 is 5.56 Å². The van der Waals surface area contributed by atoms with E-state index in [1.165, 1.54) is 4.68 Å². The van der Waals surface area contributed by atoms with Gasteiger partial charge in [-0.1, -0.05) is 6.07 Å². The number of aryl methyl sites for hydroxylation is 1. The molecule has 1 saturated carbocycles. The molecular formula is C20H19N5O2S. The van der Waals surface area contributed by atoms with Crippen LogP contribution in [0.2, 0.25) is 0 Å². The second-order valence-electron chi connectivity index (χ2n) is 7.12. The van der Waals surface area contributed by atoms with Crippen molar-refractivity contribution in [2.75, 3.05) is 0 Å². The zero-order valence-corrected chi connectivity index (χ0v) is 16.2. The molecule has 0 aromatic carbocycles. The quantitative estimate of drug-likeness (QED) is 0.522. The first-order valence-corrected chi connectivity index (χ1v) is 10.2. The molecule has 0 spiro atoms. The molecule has 1 fully saturated rings. The van der Waals surface area contributed by atoms with Crippen molar-refractivity contribution >= 4 is 33.0 Å². The van der Waals surface area contributed by atoms with Crippen molar-refractivity contribution in [3.8, 4) is 0 Å². The Morgan fingerprint density at radius 1 is 1.29 bits per heavy atom. The maximum atomic E-state index is 13.0. The minimum Gasteiger partial charge on any atom is -0.332 e. The van der Waals surface area contributed by atoms with Crippen molar-refractivity contribution in [3.63, 3.8) is 0 Å². The van der Waals surface area contributed by atoms with Crippen molar-refractivity contribution < 1.29 is 4.79 Å². The summed E-state index contributed by atoms with van der Waals surface area (Å²) in [5, 5.41) is 6.42. The lowest BCUT2D eigenvalue weighted by Gasteiger charge is -2.22. The third kappa shape index (κ3) is 2.90. The minimum absolute atomic E-state index is 0.0572. The molecule has 1 amide bonds. The lowest BCUT2D eigenvalue weighted by molar-refractivity contribution is -0.133. The topological polar surface area (TPSA) is 72.5 Å². The van der Waals surface area contributed by atoms with Gasteiger partial charge in [-0.25, -0.2) is 4.68 Å². The summed E-state index contributed by atoms with van der Waals surface area (Å²) in [7, 11) is 0. The highest BCUT2D eigenvalue weighted by Crippen LogP contribution is 2.28. The molecule has 4 aromatic heterocycles. The highest BCUT2D eigenvalue weighted by molar-refractivity contribution is 7.17. The summed E-state index contributed by atoms with van der Waals surface area (Å²) >= 11 is 1.59. The monoisotopic (exact) mass is 393 g/mol. The molecule has 7 nitrogen and oxygen atoms in total. The number of carbonyl (C=O) groups excluding carboxylic acids is 1. The molecule has 0 saturated heterocycles. The van der Waals surface area contributed by atoms with Crippen molar-refractivity contribution in [1.29, 1.82) is 0 Å². The predicted octanol–water partition coefficient (Wildman–Crippen LogP) is 2.61. The fourth-order valence-corrected chi connectivity index (χ4v) is 4.43. The zero-order valence-electron chi connectivity index (χ0n) is 15.4. The van der Waals surface area contributed by atoms with Crippen LogP contribution in [0, 0.1) is 6.92 Å². The molecule has 5 rings (SSSR count). The Bertz CT molecular complexity index is 1240. The van der Waals surface area contributed by atoms with Crippen LogP contribution in [0.25, 0.3) is 15.7 Å². The smallest absolute Gasteiger partial charge is 0.291 e. The molecule has 0 atom stereocenters. The van der Waals surface area contributed by atoms with E-state index in [-0.39, 0.29) is 24.1 Å². The van der Waals surface area contributed by atoms with Crippen LogP contribution in [-0.2, 0) is 17.9 Å². The summed E-state index contributed by atoms with van der Waals surface area (Å²) in [4.78, 5) is 32.1. The van der Waals surface area contributed by atoms with Crippen LogP contribution in [0.3, 0.4) is 0 Å². The highest BCUT2D eigenvalue weighted by atomic mass is 32.1. The van der Waals surface area contributed by atoms with E-state index in [2.05, 4.69) is 10.1 Å². The number of nitrogens with zero attached hydrogens (tertiary/aromatic N) is 5. The number of hydrogen-bond donors (Lipinski definition) is 0. The van der Waals surface area contributed by atoms with Crippen molar-refractivity contribution in [3.05, 3.63) is 63.8 Å². The summed E-state index contributed by atoms with van der Waals surface area (Å²) < 4.78 is 4.20. The number of pyridine rings is 1. The van der Waals surface area contributed by atoms with E-state index >= 15 is 0 Å². The van der Waals surface area contributed by atoms with Gasteiger partial charge in [0.1, 0.15) is 17.9 Å². The van der Waals surface area contributed by atoms with Crippen LogP contribution in [-0.4, -0.2) is 36.0 Å². The van der Waals surface area contributed by atoms with Gasteiger partial charge in [0.05, 0.1) is 22.5 Å². The first-order valence-electron chi connectivity index (χ1n) is 9.27. The Kier molecular flexibility index (Phi) is 4.01. The largest absolute Gasteiger partial charge is 0.332 e. The zero-order chi connectivity index (χ0) is 19.3. The average Bonchev–Trinajstić information content (AvgIpc) is 3.31. The van der Waals surface area contributed by atoms with Gasteiger partial charge in [-0.05, 0) is 49.4 Å². The maximum Gasteiger partial charge on any atom is 0.291 e. The summed E-state index contributed by atoms with van der Waals surface area (Å²) in [5.74, 6) is 0.596. The first kappa shape index (κ1) is 17.1. The van der Waals surface area contributed by atoms with Gasteiger partial charge in [0, 0.05) is 12.2 Å². The van der Waals surface area contributed by atoms with Gasteiger partial charge in [-0.15, -0.1) is 11.3 Å². The Morgan fingerprint density at radius 2 is 2.14 bits per heavy atom. The first-order chi connectivity index (χ1) is 13.6. The van der Waals surface area contributed by atoms with E-state index in [9.17, 15) is 9.59 Å².